The van der Waals surface area contributed by atoms with Crippen molar-refractivity contribution < 1.29 is 13.6 Å². The molecule has 5 heteroatoms. The molecule has 1 amide bonds. The van der Waals surface area contributed by atoms with E-state index >= 15 is 0 Å². The first-order valence-corrected chi connectivity index (χ1v) is 6.04. The predicted octanol–water partition coefficient (Wildman–Crippen LogP) is 1.69. The second-order valence-corrected chi connectivity index (χ2v) is 4.67. The highest BCUT2D eigenvalue weighted by molar-refractivity contribution is 5.94. The summed E-state index contributed by atoms with van der Waals surface area (Å²) in [5.74, 6) is -1.69. The maximum absolute atomic E-state index is 13.4. The first kappa shape index (κ1) is 13.0. The van der Waals surface area contributed by atoms with Gasteiger partial charge >= 0.3 is 0 Å². The number of amides is 1. The molecule has 2 N–H and O–H groups in total. The summed E-state index contributed by atoms with van der Waals surface area (Å²) in [7, 11) is 0. The molecule has 0 aliphatic carbocycles. The van der Waals surface area contributed by atoms with Gasteiger partial charge in [-0.3, -0.25) is 4.79 Å². The number of benzene rings is 1. The van der Waals surface area contributed by atoms with Crippen molar-refractivity contribution in [2.75, 3.05) is 13.1 Å². The Morgan fingerprint density at radius 2 is 2.22 bits per heavy atom. The quantitative estimate of drug-likeness (QED) is 0.843. The topological polar surface area (TPSA) is 41.1 Å². The van der Waals surface area contributed by atoms with Crippen LogP contribution in [0.2, 0.25) is 0 Å². The molecule has 0 saturated carbocycles. The van der Waals surface area contributed by atoms with Gasteiger partial charge in [0.2, 0.25) is 0 Å². The molecule has 3 nitrogen and oxygen atoms in total. The van der Waals surface area contributed by atoms with Gasteiger partial charge in [-0.2, -0.15) is 0 Å². The van der Waals surface area contributed by atoms with E-state index in [4.69, 9.17) is 0 Å². The van der Waals surface area contributed by atoms with Crippen molar-refractivity contribution in [3.05, 3.63) is 35.4 Å². The van der Waals surface area contributed by atoms with Crippen LogP contribution in [0.5, 0.6) is 0 Å². The zero-order chi connectivity index (χ0) is 13.1. The van der Waals surface area contributed by atoms with E-state index in [1.165, 1.54) is 6.07 Å². The predicted molar refractivity (Wildman–Crippen MR) is 64.3 cm³/mol. The highest BCUT2D eigenvalue weighted by atomic mass is 19.1. The largest absolute Gasteiger partial charge is 0.349 e. The third kappa shape index (κ3) is 2.85. The third-order valence-corrected chi connectivity index (χ3v) is 3.28. The van der Waals surface area contributed by atoms with E-state index in [1.807, 2.05) is 6.92 Å². The summed E-state index contributed by atoms with van der Waals surface area (Å²) in [6.45, 7) is 3.69. The van der Waals surface area contributed by atoms with Crippen molar-refractivity contribution in [3.8, 4) is 0 Å². The number of hydrogen-bond donors (Lipinski definition) is 2. The van der Waals surface area contributed by atoms with Crippen molar-refractivity contribution in [1.29, 1.82) is 0 Å². The summed E-state index contributed by atoms with van der Waals surface area (Å²) in [5, 5.41) is 6.03. The average molecular weight is 254 g/mol. The normalized spacial score (nSPS) is 23.7. The van der Waals surface area contributed by atoms with Crippen molar-refractivity contribution in [1.82, 2.24) is 10.6 Å². The number of piperidine rings is 1. The lowest BCUT2D eigenvalue weighted by molar-refractivity contribution is 0.0910. The van der Waals surface area contributed by atoms with Crippen LogP contribution < -0.4 is 10.6 Å². The van der Waals surface area contributed by atoms with Gasteiger partial charge in [-0.1, -0.05) is 6.92 Å². The Kier molecular flexibility index (Phi) is 3.91. The molecule has 0 bridgehead atoms. The summed E-state index contributed by atoms with van der Waals surface area (Å²) >= 11 is 0. The molecule has 1 aliphatic heterocycles. The number of carbonyl (C=O) groups is 1. The Labute approximate surface area is 105 Å². The van der Waals surface area contributed by atoms with Crippen molar-refractivity contribution >= 4 is 5.91 Å². The van der Waals surface area contributed by atoms with Gasteiger partial charge in [0.15, 0.2) is 0 Å². The lowest BCUT2D eigenvalue weighted by atomic mass is 9.95. The van der Waals surface area contributed by atoms with Crippen LogP contribution in [0.15, 0.2) is 18.2 Å². The highest BCUT2D eigenvalue weighted by Gasteiger charge is 2.24. The van der Waals surface area contributed by atoms with Crippen molar-refractivity contribution in [2.24, 2.45) is 5.92 Å². The molecule has 0 aromatic heterocycles. The second kappa shape index (κ2) is 5.44. The molecular formula is C13H16F2N2O. The van der Waals surface area contributed by atoms with E-state index in [0.29, 0.717) is 5.92 Å². The number of hydrogen-bond acceptors (Lipinski definition) is 2. The fourth-order valence-electron chi connectivity index (χ4n) is 2.15. The van der Waals surface area contributed by atoms with Gasteiger partial charge in [-0.15, -0.1) is 0 Å². The lowest BCUT2D eigenvalue weighted by Gasteiger charge is -2.30. The molecule has 0 spiro atoms. The molecule has 1 aliphatic rings. The number of nitrogens with one attached hydrogen (secondary N) is 2. The van der Waals surface area contributed by atoms with E-state index in [9.17, 15) is 13.6 Å². The smallest absolute Gasteiger partial charge is 0.254 e. The molecule has 1 saturated heterocycles. The van der Waals surface area contributed by atoms with Crippen LogP contribution in [0.1, 0.15) is 23.7 Å². The minimum atomic E-state index is -0.825. The fraction of sp³-hybridized carbons (Fsp3) is 0.462. The summed E-state index contributed by atoms with van der Waals surface area (Å²) in [4.78, 5) is 11.9. The van der Waals surface area contributed by atoms with Crippen LogP contribution >= 0.6 is 0 Å². The van der Waals surface area contributed by atoms with Crippen LogP contribution in [-0.2, 0) is 0 Å². The Balaban J connectivity index is 2.07. The molecule has 18 heavy (non-hydrogen) atoms. The first-order valence-electron chi connectivity index (χ1n) is 6.04. The molecule has 0 radical (unpaired) electrons. The Hall–Kier alpha value is -1.49. The van der Waals surface area contributed by atoms with E-state index in [1.54, 1.807) is 0 Å². The van der Waals surface area contributed by atoms with Gasteiger partial charge in [-0.05, 0) is 37.6 Å². The van der Waals surface area contributed by atoms with E-state index in [2.05, 4.69) is 10.6 Å². The third-order valence-electron chi connectivity index (χ3n) is 3.28. The van der Waals surface area contributed by atoms with Crippen molar-refractivity contribution in [3.63, 3.8) is 0 Å². The molecule has 1 heterocycles. The van der Waals surface area contributed by atoms with Crippen LogP contribution in [0, 0.1) is 17.6 Å². The van der Waals surface area contributed by atoms with E-state index in [0.717, 1.165) is 31.6 Å². The minimum absolute atomic E-state index is 0.0307. The second-order valence-electron chi connectivity index (χ2n) is 4.67. The zero-order valence-electron chi connectivity index (χ0n) is 10.2. The Morgan fingerprint density at radius 3 is 2.89 bits per heavy atom. The zero-order valence-corrected chi connectivity index (χ0v) is 10.2. The van der Waals surface area contributed by atoms with Gasteiger partial charge in [0.05, 0.1) is 5.56 Å². The summed E-state index contributed by atoms with van der Waals surface area (Å²) in [5.41, 5.74) is -0.109. The van der Waals surface area contributed by atoms with E-state index in [-0.39, 0.29) is 11.6 Å². The molecular weight excluding hydrogens is 238 g/mol. The first-order chi connectivity index (χ1) is 8.58. The van der Waals surface area contributed by atoms with Gasteiger partial charge in [0.25, 0.3) is 5.91 Å². The Morgan fingerprint density at radius 1 is 1.44 bits per heavy atom. The number of halogens is 2. The highest BCUT2D eigenvalue weighted by Crippen LogP contribution is 2.13. The molecule has 1 aromatic rings. The number of carbonyl (C=O) groups excluding carboxylic acids is 1. The molecule has 1 fully saturated rings. The van der Waals surface area contributed by atoms with Crippen LogP contribution in [0.25, 0.3) is 0 Å². The van der Waals surface area contributed by atoms with E-state index < -0.39 is 17.5 Å². The summed E-state index contributed by atoms with van der Waals surface area (Å²) in [6.07, 6.45) is 0.815. The maximum atomic E-state index is 13.4. The molecule has 98 valence electrons. The molecule has 0 unspecified atom stereocenters. The summed E-state index contributed by atoms with van der Waals surface area (Å²) in [6, 6.07) is 3.01. The fourth-order valence-corrected chi connectivity index (χ4v) is 2.15. The molecule has 2 rings (SSSR count). The SMILES string of the molecule is C[C@@H]1CNCC[C@H]1NC(=O)c1ccc(F)cc1F. The summed E-state index contributed by atoms with van der Waals surface area (Å²) < 4.78 is 26.2. The lowest BCUT2D eigenvalue weighted by Crippen LogP contribution is -2.48. The van der Waals surface area contributed by atoms with Gasteiger partial charge in [0.1, 0.15) is 11.6 Å². The molecule has 1 aromatic carbocycles. The Bertz CT molecular complexity index is 451. The number of rotatable bonds is 2. The van der Waals surface area contributed by atoms with Gasteiger partial charge in [-0.25, -0.2) is 8.78 Å². The standard InChI is InChI=1S/C13H16F2N2O/c1-8-7-16-5-4-12(8)17-13(18)10-3-2-9(14)6-11(10)15/h2-3,6,8,12,16H,4-5,7H2,1H3,(H,17,18)/t8-,12-/m1/s1. The maximum Gasteiger partial charge on any atom is 0.254 e. The van der Waals surface area contributed by atoms with Crippen LogP contribution in [0.3, 0.4) is 0 Å². The van der Waals surface area contributed by atoms with Gasteiger partial charge in [0, 0.05) is 12.1 Å². The van der Waals surface area contributed by atoms with Crippen LogP contribution in [0.4, 0.5) is 8.78 Å². The minimum Gasteiger partial charge on any atom is -0.349 e. The molecule has 2 atom stereocenters. The van der Waals surface area contributed by atoms with Crippen LogP contribution in [-0.4, -0.2) is 25.0 Å². The van der Waals surface area contributed by atoms with Crippen molar-refractivity contribution in [2.45, 2.75) is 19.4 Å². The average Bonchev–Trinajstić information content (AvgIpc) is 2.32. The van der Waals surface area contributed by atoms with Gasteiger partial charge < -0.3 is 10.6 Å². The monoisotopic (exact) mass is 254 g/mol.